The largest absolute Gasteiger partial charge is 0.242 e. The Balaban J connectivity index is 2.06. The van der Waals surface area contributed by atoms with Crippen LogP contribution in [0, 0.1) is 5.92 Å². The third kappa shape index (κ3) is 4.44. The van der Waals surface area contributed by atoms with Crippen molar-refractivity contribution < 1.29 is 4.58 Å². The third-order valence-corrected chi connectivity index (χ3v) is 3.12. The van der Waals surface area contributed by atoms with E-state index in [2.05, 4.69) is 18.2 Å². The molecule has 0 amide bonds. The van der Waals surface area contributed by atoms with Gasteiger partial charge < -0.3 is 0 Å². The van der Waals surface area contributed by atoms with Crippen molar-refractivity contribution in [2.45, 2.75) is 51.9 Å². The maximum absolute atomic E-state index is 4.05. The van der Waals surface area contributed by atoms with Crippen molar-refractivity contribution in [2.24, 2.45) is 5.92 Å². The smallest absolute Gasteiger partial charge is 0.142 e. The lowest BCUT2D eigenvalue weighted by Gasteiger charge is -2.20. The fourth-order valence-corrected chi connectivity index (χ4v) is 2.27. The van der Waals surface area contributed by atoms with Gasteiger partial charge in [-0.25, -0.2) is 4.58 Å². The molecule has 1 heteroatoms. The van der Waals surface area contributed by atoms with E-state index < -0.39 is 0 Å². The number of hydrogen-bond donors (Lipinski definition) is 0. The maximum atomic E-state index is 4.05. The first-order valence-electron chi connectivity index (χ1n) is 5.88. The minimum absolute atomic E-state index is 1.01. The minimum Gasteiger partial charge on any atom is -0.242 e. The summed E-state index contributed by atoms with van der Waals surface area (Å²) >= 11 is 0. The van der Waals surface area contributed by atoms with Gasteiger partial charge in [-0.15, -0.1) is 0 Å². The van der Waals surface area contributed by atoms with E-state index in [-0.39, 0.29) is 0 Å². The summed E-state index contributed by atoms with van der Waals surface area (Å²) in [6.07, 6.45) is 9.96. The van der Waals surface area contributed by atoms with E-state index in [1.807, 2.05) is 0 Å². The fraction of sp³-hybridized carbons (Fsp3) is 0.917. The molecule has 0 aromatic heterocycles. The lowest BCUT2D eigenvalue weighted by Crippen LogP contribution is -2.17. The van der Waals surface area contributed by atoms with Crippen molar-refractivity contribution in [1.82, 2.24) is 0 Å². The molecule has 1 saturated carbocycles. The zero-order valence-corrected chi connectivity index (χ0v) is 9.10. The van der Waals surface area contributed by atoms with Crippen molar-refractivity contribution >= 4 is 6.72 Å². The van der Waals surface area contributed by atoms with Crippen LogP contribution in [0.1, 0.15) is 51.9 Å². The summed E-state index contributed by atoms with van der Waals surface area (Å²) in [7, 11) is 0. The standard InChI is InChI=1S/C12H24N/c1-3-10-13(2)11-9-12-7-5-4-6-8-12/h12H,2-11H2,1H3/q+1. The van der Waals surface area contributed by atoms with Gasteiger partial charge >= 0.3 is 0 Å². The highest BCUT2D eigenvalue weighted by Crippen LogP contribution is 2.25. The molecule has 0 heterocycles. The fourth-order valence-electron chi connectivity index (χ4n) is 2.27. The number of nitrogens with zero attached hydrogens (tertiary/aromatic N) is 1. The molecule has 0 aromatic carbocycles. The highest BCUT2D eigenvalue weighted by atomic mass is 15.0. The Labute approximate surface area is 82.9 Å². The Bertz CT molecular complexity index is 145. The SMILES string of the molecule is C=[N+](CCC)CCC1CCCCC1. The molecule has 0 aliphatic heterocycles. The summed E-state index contributed by atoms with van der Waals surface area (Å²) in [4.78, 5) is 0. The van der Waals surface area contributed by atoms with Gasteiger partial charge in [0.1, 0.15) is 19.8 Å². The van der Waals surface area contributed by atoms with Crippen LogP contribution in [0.25, 0.3) is 0 Å². The second-order valence-electron chi connectivity index (χ2n) is 4.41. The Morgan fingerprint density at radius 1 is 1.15 bits per heavy atom. The molecule has 1 rings (SSSR count). The lowest BCUT2D eigenvalue weighted by atomic mass is 9.87. The van der Waals surface area contributed by atoms with Gasteiger partial charge in [-0.1, -0.05) is 39.0 Å². The van der Waals surface area contributed by atoms with Gasteiger partial charge in [0.2, 0.25) is 0 Å². The molecular weight excluding hydrogens is 158 g/mol. The van der Waals surface area contributed by atoms with Crippen LogP contribution in [0.2, 0.25) is 0 Å². The van der Waals surface area contributed by atoms with Crippen LogP contribution < -0.4 is 0 Å². The summed E-state index contributed by atoms with van der Waals surface area (Å²) in [5, 5.41) is 0. The van der Waals surface area contributed by atoms with Gasteiger partial charge in [-0.05, 0) is 5.92 Å². The van der Waals surface area contributed by atoms with Gasteiger partial charge in [0.05, 0.1) is 0 Å². The molecule has 1 nitrogen and oxygen atoms in total. The monoisotopic (exact) mass is 182 g/mol. The van der Waals surface area contributed by atoms with E-state index in [4.69, 9.17) is 0 Å². The van der Waals surface area contributed by atoms with Crippen LogP contribution >= 0.6 is 0 Å². The normalized spacial score (nSPS) is 18.8. The van der Waals surface area contributed by atoms with Crippen LogP contribution in [0.15, 0.2) is 0 Å². The first-order valence-corrected chi connectivity index (χ1v) is 5.88. The van der Waals surface area contributed by atoms with Crippen LogP contribution in [0.4, 0.5) is 0 Å². The predicted octanol–water partition coefficient (Wildman–Crippen LogP) is 3.08. The van der Waals surface area contributed by atoms with Gasteiger partial charge in [0, 0.05) is 12.8 Å². The van der Waals surface area contributed by atoms with Crippen LogP contribution in [-0.4, -0.2) is 24.4 Å². The zero-order valence-electron chi connectivity index (χ0n) is 9.10. The van der Waals surface area contributed by atoms with E-state index in [1.165, 1.54) is 51.5 Å². The number of hydrogen-bond acceptors (Lipinski definition) is 0. The van der Waals surface area contributed by atoms with Crippen LogP contribution in [-0.2, 0) is 0 Å². The second-order valence-corrected chi connectivity index (χ2v) is 4.41. The van der Waals surface area contributed by atoms with Crippen LogP contribution in [0.3, 0.4) is 0 Å². The summed E-state index contributed by atoms with van der Waals surface area (Å²) in [5.74, 6) is 1.01. The maximum Gasteiger partial charge on any atom is 0.142 e. The zero-order chi connectivity index (χ0) is 9.52. The van der Waals surface area contributed by atoms with Crippen molar-refractivity contribution in [3.63, 3.8) is 0 Å². The summed E-state index contributed by atoms with van der Waals surface area (Å²) in [6, 6.07) is 0. The highest BCUT2D eigenvalue weighted by molar-refractivity contribution is 5.14. The molecule has 1 aliphatic rings. The Morgan fingerprint density at radius 3 is 2.46 bits per heavy atom. The molecule has 0 unspecified atom stereocenters. The Hall–Kier alpha value is -0.330. The molecule has 76 valence electrons. The van der Waals surface area contributed by atoms with E-state index in [1.54, 1.807) is 0 Å². The van der Waals surface area contributed by atoms with E-state index in [9.17, 15) is 0 Å². The molecule has 0 spiro atoms. The molecule has 0 atom stereocenters. The lowest BCUT2D eigenvalue weighted by molar-refractivity contribution is -0.521. The molecule has 0 radical (unpaired) electrons. The van der Waals surface area contributed by atoms with Gasteiger partial charge in [0.15, 0.2) is 0 Å². The highest BCUT2D eigenvalue weighted by Gasteiger charge is 2.14. The summed E-state index contributed by atoms with van der Waals surface area (Å²) < 4.78 is 2.23. The molecule has 0 bridgehead atoms. The third-order valence-electron chi connectivity index (χ3n) is 3.12. The van der Waals surface area contributed by atoms with Crippen molar-refractivity contribution in [3.8, 4) is 0 Å². The van der Waals surface area contributed by atoms with Crippen molar-refractivity contribution in [2.75, 3.05) is 13.1 Å². The average Bonchev–Trinajstić information content (AvgIpc) is 2.17. The minimum atomic E-state index is 1.01. The molecule has 0 N–H and O–H groups in total. The topological polar surface area (TPSA) is 3.01 Å². The van der Waals surface area contributed by atoms with E-state index in [0.29, 0.717) is 0 Å². The summed E-state index contributed by atoms with van der Waals surface area (Å²) in [5.41, 5.74) is 0. The van der Waals surface area contributed by atoms with Crippen LogP contribution in [0.5, 0.6) is 0 Å². The first-order chi connectivity index (χ1) is 6.33. The van der Waals surface area contributed by atoms with Crippen molar-refractivity contribution in [3.05, 3.63) is 0 Å². The molecule has 1 aliphatic carbocycles. The first kappa shape index (κ1) is 10.7. The van der Waals surface area contributed by atoms with E-state index >= 15 is 0 Å². The molecule has 0 saturated heterocycles. The molecule has 1 fully saturated rings. The van der Waals surface area contributed by atoms with Gasteiger partial charge in [0.25, 0.3) is 0 Å². The second kappa shape index (κ2) is 6.17. The predicted molar refractivity (Wildman–Crippen MR) is 58.6 cm³/mol. The van der Waals surface area contributed by atoms with Gasteiger partial charge in [-0.3, -0.25) is 0 Å². The Morgan fingerprint density at radius 2 is 1.85 bits per heavy atom. The Kier molecular flexibility index (Phi) is 5.10. The molecule has 13 heavy (non-hydrogen) atoms. The van der Waals surface area contributed by atoms with Crippen molar-refractivity contribution in [1.29, 1.82) is 0 Å². The number of rotatable bonds is 5. The average molecular weight is 182 g/mol. The molecular formula is C12H24N+. The molecule has 0 aromatic rings. The van der Waals surface area contributed by atoms with E-state index in [0.717, 1.165) is 12.5 Å². The summed E-state index contributed by atoms with van der Waals surface area (Å²) in [6.45, 7) is 8.63. The quantitative estimate of drug-likeness (QED) is 0.454. The van der Waals surface area contributed by atoms with Gasteiger partial charge in [-0.2, -0.15) is 0 Å².